The third-order valence-electron chi connectivity index (χ3n) is 7.06. The van der Waals surface area contributed by atoms with Gasteiger partial charge in [-0.05, 0) is 74.4 Å². The summed E-state index contributed by atoms with van der Waals surface area (Å²) in [5, 5.41) is 3.15. The van der Waals surface area contributed by atoms with E-state index < -0.39 is 0 Å². The molecule has 3 aromatic heterocycles. The maximum Gasteiger partial charge on any atom is 0.253 e. The fraction of sp³-hybridized carbons (Fsp3) is 0.290. The second-order valence-corrected chi connectivity index (χ2v) is 10.6. The van der Waals surface area contributed by atoms with E-state index in [0.717, 1.165) is 71.2 Å². The first-order valence-electron chi connectivity index (χ1n) is 13.0. The Bertz CT molecular complexity index is 1400. The summed E-state index contributed by atoms with van der Waals surface area (Å²) in [6.45, 7) is 9.98. The lowest BCUT2D eigenvalue weighted by molar-refractivity contribution is 0.0451. The van der Waals surface area contributed by atoms with Gasteiger partial charge >= 0.3 is 0 Å². The predicted octanol–water partition coefficient (Wildman–Crippen LogP) is 5.47. The highest BCUT2D eigenvalue weighted by molar-refractivity contribution is 5.95. The van der Waals surface area contributed by atoms with Crippen molar-refractivity contribution in [1.82, 2.24) is 24.8 Å². The molecular weight excluding hydrogens is 472 g/mol. The van der Waals surface area contributed by atoms with Gasteiger partial charge in [0.2, 0.25) is 0 Å². The smallest absolute Gasteiger partial charge is 0.253 e. The van der Waals surface area contributed by atoms with Crippen molar-refractivity contribution in [3.8, 4) is 33.6 Å². The molecule has 0 bridgehead atoms. The van der Waals surface area contributed by atoms with Gasteiger partial charge < -0.3 is 10.2 Å². The van der Waals surface area contributed by atoms with Crippen LogP contribution in [-0.2, 0) is 0 Å². The Hall–Kier alpha value is -4.10. The number of piperazine rings is 1. The van der Waals surface area contributed by atoms with Crippen molar-refractivity contribution in [2.24, 2.45) is 0 Å². The van der Waals surface area contributed by atoms with Gasteiger partial charge in [0, 0.05) is 74.0 Å². The third kappa shape index (κ3) is 5.58. The summed E-state index contributed by atoms with van der Waals surface area (Å²) in [6.07, 6.45) is 5.48. The summed E-state index contributed by atoms with van der Waals surface area (Å²) in [7, 11) is 1.86. The van der Waals surface area contributed by atoms with Gasteiger partial charge in [-0.3, -0.25) is 19.7 Å². The molecule has 0 atom stereocenters. The molecule has 1 fully saturated rings. The van der Waals surface area contributed by atoms with Gasteiger partial charge in [-0.25, -0.2) is 4.98 Å². The normalized spacial score (nSPS) is 14.4. The molecule has 1 aliphatic heterocycles. The number of hydrogen-bond donors (Lipinski definition) is 1. The summed E-state index contributed by atoms with van der Waals surface area (Å²) in [5.74, 6) is 0.857. The average molecular weight is 507 g/mol. The summed E-state index contributed by atoms with van der Waals surface area (Å²) in [4.78, 5) is 31.2. The monoisotopic (exact) mass is 506 g/mol. The molecule has 194 valence electrons. The highest BCUT2D eigenvalue weighted by atomic mass is 16.2. The van der Waals surface area contributed by atoms with E-state index in [2.05, 4.69) is 52.0 Å². The van der Waals surface area contributed by atoms with Crippen LogP contribution in [0.5, 0.6) is 0 Å². The molecule has 1 aromatic carbocycles. The van der Waals surface area contributed by atoms with Crippen molar-refractivity contribution in [3.05, 3.63) is 84.8 Å². The van der Waals surface area contributed by atoms with E-state index >= 15 is 0 Å². The van der Waals surface area contributed by atoms with Gasteiger partial charge in [0.1, 0.15) is 5.82 Å². The molecule has 0 unspecified atom stereocenters. The van der Waals surface area contributed by atoms with Crippen molar-refractivity contribution >= 4 is 11.7 Å². The number of hydrogen-bond acceptors (Lipinski definition) is 6. The minimum atomic E-state index is 0.0930. The molecule has 1 saturated heterocycles. The number of nitrogens with one attached hydrogen (secondary N) is 1. The van der Waals surface area contributed by atoms with Crippen molar-refractivity contribution in [3.63, 3.8) is 0 Å². The van der Waals surface area contributed by atoms with Crippen LogP contribution >= 0.6 is 0 Å². The van der Waals surface area contributed by atoms with E-state index in [0.29, 0.717) is 0 Å². The standard InChI is InChI=1S/C31H34N6O/c1-31(2,3)37-15-13-36(14-16-37)30(38)23-10-8-22(9-11-23)25-17-26(21-33-20-25)24-18-28(35-29(19-24)32-4)27-7-5-6-12-34-27/h5-12,17-21H,13-16H2,1-4H3,(H,32,35). The average Bonchev–Trinajstić information content (AvgIpc) is 2.97. The van der Waals surface area contributed by atoms with Crippen LogP contribution in [0.15, 0.2) is 79.3 Å². The van der Waals surface area contributed by atoms with Crippen molar-refractivity contribution < 1.29 is 4.79 Å². The number of amides is 1. The Morgan fingerprint density at radius 3 is 2.16 bits per heavy atom. The Morgan fingerprint density at radius 2 is 1.53 bits per heavy atom. The van der Waals surface area contributed by atoms with Crippen LogP contribution in [0.4, 0.5) is 5.82 Å². The van der Waals surface area contributed by atoms with Crippen LogP contribution in [-0.4, -0.2) is 69.4 Å². The minimum Gasteiger partial charge on any atom is -0.373 e. The Morgan fingerprint density at radius 1 is 0.816 bits per heavy atom. The molecule has 7 nitrogen and oxygen atoms in total. The molecule has 1 aliphatic rings. The number of carbonyl (C=O) groups is 1. The number of aromatic nitrogens is 3. The van der Waals surface area contributed by atoms with Crippen LogP contribution in [0, 0.1) is 0 Å². The van der Waals surface area contributed by atoms with E-state index in [9.17, 15) is 4.79 Å². The second kappa shape index (κ2) is 10.7. The fourth-order valence-corrected chi connectivity index (χ4v) is 4.79. The first-order chi connectivity index (χ1) is 18.3. The summed E-state index contributed by atoms with van der Waals surface area (Å²) >= 11 is 0. The first kappa shape index (κ1) is 25.5. The zero-order valence-corrected chi connectivity index (χ0v) is 22.5. The highest BCUT2D eigenvalue weighted by Crippen LogP contribution is 2.30. The molecule has 0 saturated carbocycles. The number of anilines is 1. The molecule has 1 amide bonds. The third-order valence-corrected chi connectivity index (χ3v) is 7.06. The van der Waals surface area contributed by atoms with E-state index in [1.54, 1.807) is 6.20 Å². The van der Waals surface area contributed by atoms with Crippen molar-refractivity contribution in [1.29, 1.82) is 0 Å². The Balaban J connectivity index is 1.35. The largest absolute Gasteiger partial charge is 0.373 e. The number of nitrogens with zero attached hydrogens (tertiary/aromatic N) is 5. The number of rotatable bonds is 5. The predicted molar refractivity (Wildman–Crippen MR) is 153 cm³/mol. The van der Waals surface area contributed by atoms with Crippen LogP contribution in [0.3, 0.4) is 0 Å². The van der Waals surface area contributed by atoms with Crippen LogP contribution in [0.2, 0.25) is 0 Å². The van der Waals surface area contributed by atoms with Gasteiger partial charge in [0.05, 0.1) is 11.4 Å². The molecule has 0 aliphatic carbocycles. The quantitative estimate of drug-likeness (QED) is 0.387. The lowest BCUT2D eigenvalue weighted by Crippen LogP contribution is -2.54. The molecule has 4 heterocycles. The SMILES string of the molecule is CNc1cc(-c2cncc(-c3ccc(C(=O)N4CCN(C(C)(C)C)CC4)cc3)c2)cc(-c2ccccn2)n1. The van der Waals surface area contributed by atoms with Crippen molar-refractivity contribution in [2.45, 2.75) is 26.3 Å². The Labute approximate surface area is 224 Å². The zero-order valence-electron chi connectivity index (χ0n) is 22.5. The maximum absolute atomic E-state index is 13.1. The number of pyridine rings is 3. The van der Waals surface area contributed by atoms with Gasteiger partial charge in [-0.2, -0.15) is 0 Å². The van der Waals surface area contributed by atoms with E-state index in [1.807, 2.05) is 78.9 Å². The van der Waals surface area contributed by atoms with E-state index in [4.69, 9.17) is 0 Å². The molecule has 7 heteroatoms. The van der Waals surface area contributed by atoms with E-state index in [-0.39, 0.29) is 11.4 Å². The summed E-state index contributed by atoms with van der Waals surface area (Å²) < 4.78 is 0. The number of carbonyl (C=O) groups excluding carboxylic acids is 1. The molecule has 0 radical (unpaired) electrons. The van der Waals surface area contributed by atoms with Gasteiger partial charge in [0.25, 0.3) is 5.91 Å². The van der Waals surface area contributed by atoms with Gasteiger partial charge in [-0.1, -0.05) is 18.2 Å². The van der Waals surface area contributed by atoms with Crippen LogP contribution in [0.25, 0.3) is 33.6 Å². The molecule has 38 heavy (non-hydrogen) atoms. The van der Waals surface area contributed by atoms with E-state index in [1.165, 1.54) is 0 Å². The lowest BCUT2D eigenvalue weighted by Gasteiger charge is -2.42. The summed E-state index contributed by atoms with van der Waals surface area (Å²) in [5.41, 5.74) is 6.44. The molecule has 1 N–H and O–H groups in total. The number of benzene rings is 1. The van der Waals surface area contributed by atoms with Gasteiger partial charge in [0.15, 0.2) is 0 Å². The Kier molecular flexibility index (Phi) is 7.20. The molecular formula is C31H34N6O. The molecule has 0 spiro atoms. The van der Waals surface area contributed by atoms with Crippen molar-refractivity contribution in [2.75, 3.05) is 38.5 Å². The fourth-order valence-electron chi connectivity index (χ4n) is 4.79. The van der Waals surface area contributed by atoms with Gasteiger partial charge in [-0.15, -0.1) is 0 Å². The second-order valence-electron chi connectivity index (χ2n) is 10.6. The first-order valence-corrected chi connectivity index (χ1v) is 13.0. The summed E-state index contributed by atoms with van der Waals surface area (Å²) in [6, 6.07) is 19.8. The maximum atomic E-state index is 13.1. The molecule has 5 rings (SSSR count). The minimum absolute atomic E-state index is 0.0930. The molecule has 4 aromatic rings. The van der Waals surface area contributed by atoms with Crippen LogP contribution in [0.1, 0.15) is 31.1 Å². The lowest BCUT2D eigenvalue weighted by atomic mass is 10.0. The van der Waals surface area contributed by atoms with Crippen LogP contribution < -0.4 is 5.32 Å². The highest BCUT2D eigenvalue weighted by Gasteiger charge is 2.28. The zero-order chi connectivity index (χ0) is 26.7. The topological polar surface area (TPSA) is 74.2 Å².